The van der Waals surface area contributed by atoms with Crippen LogP contribution in [0.25, 0.3) is 11.5 Å². The van der Waals surface area contributed by atoms with Gasteiger partial charge in [0, 0.05) is 22.6 Å². The number of aromatic nitrogens is 2. The number of Topliss-reactive ketones (excluding diaryl/α,β-unsaturated/α-hetero) is 1. The van der Waals surface area contributed by atoms with Crippen molar-refractivity contribution < 1.29 is 23.5 Å². The number of hydrogen-bond donors (Lipinski definition) is 0. The molecule has 0 saturated heterocycles. The monoisotopic (exact) mass is 400 g/mol. The molecule has 0 spiro atoms. The molecular formula is C20H17ClN2O5. The summed E-state index contributed by atoms with van der Waals surface area (Å²) in [6, 6.07) is 13.5. The van der Waals surface area contributed by atoms with Crippen molar-refractivity contribution in [1.82, 2.24) is 10.2 Å². The Bertz CT molecular complexity index is 951. The van der Waals surface area contributed by atoms with E-state index in [4.69, 9.17) is 25.5 Å². The standard InChI is InChI=1S/C20H17ClN2O5/c1-2-17(24)13-5-9-16(10-6-13)26-12-19(25)27-11-18-22-23-20(28-18)14-3-7-15(21)8-4-14/h3-10H,2,11-12H2,1H3. The molecule has 0 aliphatic carbocycles. The zero-order chi connectivity index (χ0) is 19.9. The van der Waals surface area contributed by atoms with Gasteiger partial charge in [-0.05, 0) is 48.5 Å². The molecule has 0 saturated carbocycles. The van der Waals surface area contributed by atoms with Crippen LogP contribution in [0.3, 0.4) is 0 Å². The molecule has 0 aliphatic heterocycles. The van der Waals surface area contributed by atoms with Crippen LogP contribution in [0.1, 0.15) is 29.6 Å². The molecule has 0 unspecified atom stereocenters. The van der Waals surface area contributed by atoms with Crippen molar-refractivity contribution in [3.8, 4) is 17.2 Å². The fourth-order valence-corrected chi connectivity index (χ4v) is 2.41. The summed E-state index contributed by atoms with van der Waals surface area (Å²) in [6.45, 7) is 1.36. The lowest BCUT2D eigenvalue weighted by atomic mass is 10.1. The highest BCUT2D eigenvalue weighted by atomic mass is 35.5. The van der Waals surface area contributed by atoms with Crippen molar-refractivity contribution in [2.75, 3.05) is 6.61 Å². The summed E-state index contributed by atoms with van der Waals surface area (Å²) in [5.41, 5.74) is 1.31. The Morgan fingerprint density at radius 2 is 1.75 bits per heavy atom. The zero-order valence-electron chi connectivity index (χ0n) is 15.1. The van der Waals surface area contributed by atoms with Crippen LogP contribution in [0.5, 0.6) is 5.75 Å². The molecule has 0 N–H and O–H groups in total. The highest BCUT2D eigenvalue weighted by molar-refractivity contribution is 6.30. The van der Waals surface area contributed by atoms with Gasteiger partial charge >= 0.3 is 5.97 Å². The van der Waals surface area contributed by atoms with E-state index in [-0.39, 0.29) is 24.9 Å². The maximum Gasteiger partial charge on any atom is 0.344 e. The SMILES string of the molecule is CCC(=O)c1ccc(OCC(=O)OCc2nnc(-c3ccc(Cl)cc3)o2)cc1. The second kappa shape index (κ2) is 9.14. The molecule has 2 aromatic carbocycles. The molecule has 8 heteroatoms. The van der Waals surface area contributed by atoms with Gasteiger partial charge in [-0.3, -0.25) is 4.79 Å². The Morgan fingerprint density at radius 3 is 2.43 bits per heavy atom. The maximum absolute atomic E-state index is 11.8. The fourth-order valence-electron chi connectivity index (χ4n) is 2.29. The van der Waals surface area contributed by atoms with Gasteiger partial charge in [-0.25, -0.2) is 4.79 Å². The number of ether oxygens (including phenoxy) is 2. The van der Waals surface area contributed by atoms with E-state index < -0.39 is 5.97 Å². The lowest BCUT2D eigenvalue weighted by Gasteiger charge is -2.06. The molecule has 0 aliphatic rings. The smallest absolute Gasteiger partial charge is 0.344 e. The lowest BCUT2D eigenvalue weighted by Crippen LogP contribution is -2.14. The van der Waals surface area contributed by atoms with Crippen LogP contribution in [0.4, 0.5) is 0 Å². The third-order valence-electron chi connectivity index (χ3n) is 3.77. The molecule has 3 aromatic rings. The normalized spacial score (nSPS) is 10.5. The van der Waals surface area contributed by atoms with Gasteiger partial charge in [0.2, 0.25) is 5.89 Å². The summed E-state index contributed by atoms with van der Waals surface area (Å²) in [5.74, 6) is 0.400. The van der Waals surface area contributed by atoms with Crippen LogP contribution in [0, 0.1) is 0 Å². The predicted octanol–water partition coefficient (Wildman–Crippen LogP) is 4.10. The zero-order valence-corrected chi connectivity index (χ0v) is 15.8. The van der Waals surface area contributed by atoms with E-state index in [0.717, 1.165) is 0 Å². The molecule has 28 heavy (non-hydrogen) atoms. The highest BCUT2D eigenvalue weighted by Crippen LogP contribution is 2.20. The largest absolute Gasteiger partial charge is 0.482 e. The number of rotatable bonds is 8. The fraction of sp³-hybridized carbons (Fsp3) is 0.200. The molecule has 0 atom stereocenters. The first-order chi connectivity index (χ1) is 13.5. The number of esters is 1. The third-order valence-corrected chi connectivity index (χ3v) is 4.02. The Labute approximate surface area is 166 Å². The number of benzene rings is 2. The van der Waals surface area contributed by atoms with Gasteiger partial charge in [0.15, 0.2) is 19.0 Å². The van der Waals surface area contributed by atoms with E-state index >= 15 is 0 Å². The van der Waals surface area contributed by atoms with Crippen LogP contribution in [0.2, 0.25) is 5.02 Å². The Kier molecular flexibility index (Phi) is 6.39. The topological polar surface area (TPSA) is 91.5 Å². The minimum atomic E-state index is -0.583. The van der Waals surface area contributed by atoms with Crippen molar-refractivity contribution in [1.29, 1.82) is 0 Å². The van der Waals surface area contributed by atoms with E-state index in [0.29, 0.717) is 34.2 Å². The van der Waals surface area contributed by atoms with E-state index in [9.17, 15) is 9.59 Å². The molecule has 1 aromatic heterocycles. The molecule has 7 nitrogen and oxygen atoms in total. The van der Waals surface area contributed by atoms with Crippen molar-refractivity contribution in [3.05, 3.63) is 65.0 Å². The van der Waals surface area contributed by atoms with E-state index in [1.165, 1.54) is 0 Å². The lowest BCUT2D eigenvalue weighted by molar-refractivity contribution is -0.148. The highest BCUT2D eigenvalue weighted by Gasteiger charge is 2.12. The van der Waals surface area contributed by atoms with Gasteiger partial charge in [0.25, 0.3) is 5.89 Å². The van der Waals surface area contributed by atoms with Crippen LogP contribution >= 0.6 is 11.6 Å². The maximum atomic E-state index is 11.8. The first-order valence-corrected chi connectivity index (χ1v) is 8.93. The summed E-state index contributed by atoms with van der Waals surface area (Å²) in [7, 11) is 0. The van der Waals surface area contributed by atoms with Crippen LogP contribution in [-0.2, 0) is 16.1 Å². The number of carbonyl (C=O) groups is 2. The minimum Gasteiger partial charge on any atom is -0.482 e. The minimum absolute atomic E-state index is 0.0449. The molecular weight excluding hydrogens is 384 g/mol. The van der Waals surface area contributed by atoms with Crippen molar-refractivity contribution in [2.24, 2.45) is 0 Å². The Hall–Kier alpha value is -3.19. The average Bonchev–Trinajstić information content (AvgIpc) is 3.20. The second-order valence-corrected chi connectivity index (χ2v) is 6.19. The summed E-state index contributed by atoms with van der Waals surface area (Å²) in [5, 5.41) is 8.35. The molecule has 3 rings (SSSR count). The van der Waals surface area contributed by atoms with Gasteiger partial charge in [0.1, 0.15) is 5.75 Å². The number of halogens is 1. The second-order valence-electron chi connectivity index (χ2n) is 5.76. The van der Waals surface area contributed by atoms with Gasteiger partial charge in [-0.1, -0.05) is 18.5 Å². The number of carbonyl (C=O) groups excluding carboxylic acids is 2. The molecule has 144 valence electrons. The quantitative estimate of drug-likeness (QED) is 0.415. The molecule has 0 amide bonds. The first kappa shape index (κ1) is 19.6. The summed E-state index contributed by atoms with van der Waals surface area (Å²) >= 11 is 5.84. The van der Waals surface area contributed by atoms with Crippen molar-refractivity contribution >= 4 is 23.4 Å². The van der Waals surface area contributed by atoms with Crippen molar-refractivity contribution in [2.45, 2.75) is 20.0 Å². The van der Waals surface area contributed by atoms with Gasteiger partial charge in [-0.15, -0.1) is 10.2 Å². The molecule has 0 fully saturated rings. The third kappa shape index (κ3) is 5.17. The van der Waals surface area contributed by atoms with Crippen LogP contribution in [0.15, 0.2) is 52.9 Å². The Balaban J connectivity index is 1.47. The van der Waals surface area contributed by atoms with E-state index in [1.807, 2.05) is 0 Å². The van der Waals surface area contributed by atoms with Gasteiger partial charge < -0.3 is 13.9 Å². The number of hydrogen-bond acceptors (Lipinski definition) is 7. The molecule has 0 bridgehead atoms. The van der Waals surface area contributed by atoms with Crippen LogP contribution in [-0.4, -0.2) is 28.6 Å². The van der Waals surface area contributed by atoms with E-state index in [1.54, 1.807) is 55.5 Å². The average molecular weight is 401 g/mol. The number of nitrogens with zero attached hydrogens (tertiary/aromatic N) is 2. The van der Waals surface area contributed by atoms with Gasteiger partial charge in [-0.2, -0.15) is 0 Å². The summed E-state index contributed by atoms with van der Waals surface area (Å²) < 4.78 is 15.9. The summed E-state index contributed by atoms with van der Waals surface area (Å²) in [4.78, 5) is 23.4. The molecule has 0 radical (unpaired) electrons. The van der Waals surface area contributed by atoms with Crippen molar-refractivity contribution in [3.63, 3.8) is 0 Å². The first-order valence-electron chi connectivity index (χ1n) is 8.55. The predicted molar refractivity (Wildman–Crippen MR) is 101 cm³/mol. The van der Waals surface area contributed by atoms with Gasteiger partial charge in [0.05, 0.1) is 0 Å². The van der Waals surface area contributed by atoms with Crippen LogP contribution < -0.4 is 4.74 Å². The number of ketones is 1. The molecule has 1 heterocycles. The van der Waals surface area contributed by atoms with E-state index in [2.05, 4.69) is 10.2 Å². The summed E-state index contributed by atoms with van der Waals surface area (Å²) in [6.07, 6.45) is 0.432. The Morgan fingerprint density at radius 1 is 1.04 bits per heavy atom.